The second-order valence-corrected chi connectivity index (χ2v) is 5.34. The van der Waals surface area contributed by atoms with Crippen LogP contribution < -0.4 is 10.6 Å². The van der Waals surface area contributed by atoms with Crippen molar-refractivity contribution in [3.8, 4) is 0 Å². The molecule has 1 aliphatic carbocycles. The molecule has 96 valence electrons. The molecule has 18 heavy (non-hydrogen) atoms. The molecule has 1 saturated heterocycles. The third kappa shape index (κ3) is 2.27. The fraction of sp³-hybridized carbons (Fsp3) is 0.533. The third-order valence-corrected chi connectivity index (χ3v) is 4.09. The fourth-order valence-corrected chi connectivity index (χ4v) is 3.11. The van der Waals surface area contributed by atoms with E-state index < -0.39 is 0 Å². The molecule has 1 unspecified atom stereocenters. The number of amides is 1. The number of rotatable bonds is 2. The van der Waals surface area contributed by atoms with Gasteiger partial charge < -0.3 is 10.6 Å². The van der Waals surface area contributed by atoms with Crippen LogP contribution in [0.5, 0.6) is 0 Å². The Morgan fingerprint density at radius 1 is 1.28 bits per heavy atom. The van der Waals surface area contributed by atoms with Crippen molar-refractivity contribution in [2.24, 2.45) is 0 Å². The van der Waals surface area contributed by atoms with Crippen molar-refractivity contribution in [1.82, 2.24) is 10.6 Å². The summed E-state index contributed by atoms with van der Waals surface area (Å²) in [5, 5.41) is 6.47. The van der Waals surface area contributed by atoms with Gasteiger partial charge in [-0.15, -0.1) is 0 Å². The number of benzene rings is 1. The molecule has 0 aromatic heterocycles. The van der Waals surface area contributed by atoms with Crippen LogP contribution in [-0.2, 0) is 11.2 Å². The summed E-state index contributed by atoms with van der Waals surface area (Å²) < 4.78 is 0. The van der Waals surface area contributed by atoms with Crippen LogP contribution in [0.15, 0.2) is 24.3 Å². The van der Waals surface area contributed by atoms with Crippen molar-refractivity contribution < 1.29 is 4.79 Å². The Balaban J connectivity index is 1.74. The van der Waals surface area contributed by atoms with E-state index in [1.54, 1.807) is 0 Å². The first-order valence-corrected chi connectivity index (χ1v) is 6.93. The largest absolute Gasteiger partial charge is 0.352 e. The predicted octanol–water partition coefficient (Wildman–Crippen LogP) is 1.58. The Morgan fingerprint density at radius 2 is 2.17 bits per heavy atom. The Labute approximate surface area is 108 Å². The van der Waals surface area contributed by atoms with Crippen molar-refractivity contribution in [2.75, 3.05) is 13.1 Å². The minimum atomic E-state index is 0.0653. The standard InChI is InChI=1S/C15H20N2O/c18-15(17-12-8-9-16-10-12)14-7-3-5-11-4-1-2-6-13(11)14/h1-2,4,6,12,14,16H,3,5,7-10H2,(H,17,18)/t12-,14?/m0/s1. The van der Waals surface area contributed by atoms with Crippen LogP contribution in [0.4, 0.5) is 0 Å². The quantitative estimate of drug-likeness (QED) is 0.829. The zero-order valence-electron chi connectivity index (χ0n) is 10.6. The van der Waals surface area contributed by atoms with E-state index in [-0.39, 0.29) is 11.8 Å². The lowest BCUT2D eigenvalue weighted by Gasteiger charge is -2.25. The van der Waals surface area contributed by atoms with Gasteiger partial charge in [0.2, 0.25) is 5.91 Å². The Morgan fingerprint density at radius 3 is 3.00 bits per heavy atom. The summed E-state index contributed by atoms with van der Waals surface area (Å²) in [7, 11) is 0. The van der Waals surface area contributed by atoms with Crippen LogP contribution in [0.25, 0.3) is 0 Å². The molecule has 0 bridgehead atoms. The zero-order chi connectivity index (χ0) is 12.4. The molecule has 2 atom stereocenters. The van der Waals surface area contributed by atoms with Gasteiger partial charge in [-0.1, -0.05) is 24.3 Å². The second kappa shape index (κ2) is 5.11. The highest BCUT2D eigenvalue weighted by Crippen LogP contribution is 2.31. The van der Waals surface area contributed by atoms with E-state index in [2.05, 4.69) is 28.8 Å². The molecule has 3 nitrogen and oxygen atoms in total. The molecular weight excluding hydrogens is 224 g/mol. The number of carbonyl (C=O) groups is 1. The smallest absolute Gasteiger partial charge is 0.227 e. The van der Waals surface area contributed by atoms with E-state index in [1.807, 2.05) is 6.07 Å². The van der Waals surface area contributed by atoms with Crippen molar-refractivity contribution in [3.05, 3.63) is 35.4 Å². The molecule has 3 rings (SSSR count). The van der Waals surface area contributed by atoms with Crippen LogP contribution >= 0.6 is 0 Å². The summed E-state index contributed by atoms with van der Waals surface area (Å²) >= 11 is 0. The number of nitrogens with one attached hydrogen (secondary N) is 2. The SMILES string of the molecule is O=C(N[C@H]1CCNC1)C1CCCc2ccccc21. The van der Waals surface area contributed by atoms with E-state index in [1.165, 1.54) is 11.1 Å². The maximum Gasteiger partial charge on any atom is 0.227 e. The van der Waals surface area contributed by atoms with Gasteiger partial charge in [0.1, 0.15) is 0 Å². The number of hydrogen-bond donors (Lipinski definition) is 2. The highest BCUT2D eigenvalue weighted by molar-refractivity contribution is 5.84. The summed E-state index contributed by atoms with van der Waals surface area (Å²) in [5.74, 6) is 0.284. The normalized spacial score (nSPS) is 26.7. The van der Waals surface area contributed by atoms with Gasteiger partial charge in [-0.05, 0) is 43.4 Å². The number of hydrogen-bond acceptors (Lipinski definition) is 2. The molecule has 1 heterocycles. The Bertz CT molecular complexity index is 438. The third-order valence-electron chi connectivity index (χ3n) is 4.09. The number of fused-ring (bicyclic) bond motifs is 1. The van der Waals surface area contributed by atoms with Crippen LogP contribution in [-0.4, -0.2) is 25.0 Å². The minimum absolute atomic E-state index is 0.0653. The summed E-state index contributed by atoms with van der Waals surface area (Å²) in [4.78, 5) is 12.4. The van der Waals surface area contributed by atoms with E-state index in [4.69, 9.17) is 0 Å². The molecule has 0 radical (unpaired) electrons. The van der Waals surface area contributed by atoms with Gasteiger partial charge in [-0.25, -0.2) is 0 Å². The maximum absolute atomic E-state index is 12.4. The number of carbonyl (C=O) groups excluding carboxylic acids is 1. The fourth-order valence-electron chi connectivity index (χ4n) is 3.11. The Kier molecular flexibility index (Phi) is 3.33. The molecule has 0 saturated carbocycles. The van der Waals surface area contributed by atoms with Gasteiger partial charge in [-0.2, -0.15) is 0 Å². The molecule has 1 fully saturated rings. The van der Waals surface area contributed by atoms with Crippen LogP contribution in [0, 0.1) is 0 Å². The summed E-state index contributed by atoms with van der Waals surface area (Å²) in [6.07, 6.45) is 4.28. The van der Waals surface area contributed by atoms with Crippen molar-refractivity contribution in [1.29, 1.82) is 0 Å². The van der Waals surface area contributed by atoms with Crippen LogP contribution in [0.3, 0.4) is 0 Å². The van der Waals surface area contributed by atoms with E-state index in [0.717, 1.165) is 38.8 Å². The zero-order valence-corrected chi connectivity index (χ0v) is 10.6. The molecule has 1 amide bonds. The van der Waals surface area contributed by atoms with E-state index in [0.29, 0.717) is 6.04 Å². The first-order valence-electron chi connectivity index (χ1n) is 6.93. The van der Waals surface area contributed by atoms with E-state index >= 15 is 0 Å². The molecule has 1 aliphatic heterocycles. The van der Waals surface area contributed by atoms with Crippen molar-refractivity contribution in [2.45, 2.75) is 37.6 Å². The van der Waals surface area contributed by atoms with Gasteiger partial charge in [0.15, 0.2) is 0 Å². The molecule has 0 spiro atoms. The summed E-state index contributed by atoms with van der Waals surface area (Å²) in [6, 6.07) is 8.71. The highest BCUT2D eigenvalue weighted by atomic mass is 16.1. The minimum Gasteiger partial charge on any atom is -0.352 e. The first-order chi connectivity index (χ1) is 8.84. The second-order valence-electron chi connectivity index (χ2n) is 5.34. The lowest BCUT2D eigenvalue weighted by Crippen LogP contribution is -2.40. The molecule has 2 N–H and O–H groups in total. The molecule has 3 heteroatoms. The first kappa shape index (κ1) is 11.7. The summed E-state index contributed by atoms with van der Waals surface area (Å²) in [5.41, 5.74) is 2.60. The van der Waals surface area contributed by atoms with Gasteiger partial charge in [-0.3, -0.25) is 4.79 Å². The van der Waals surface area contributed by atoms with E-state index in [9.17, 15) is 4.79 Å². The van der Waals surface area contributed by atoms with Crippen molar-refractivity contribution in [3.63, 3.8) is 0 Å². The molecule has 1 aromatic carbocycles. The Hall–Kier alpha value is -1.35. The topological polar surface area (TPSA) is 41.1 Å². The number of aryl methyl sites for hydroxylation is 1. The van der Waals surface area contributed by atoms with Gasteiger partial charge in [0.25, 0.3) is 0 Å². The lowest BCUT2D eigenvalue weighted by molar-refractivity contribution is -0.123. The van der Waals surface area contributed by atoms with Gasteiger partial charge in [0.05, 0.1) is 5.92 Å². The van der Waals surface area contributed by atoms with Crippen LogP contribution in [0.2, 0.25) is 0 Å². The predicted molar refractivity (Wildman–Crippen MR) is 71.5 cm³/mol. The molecule has 1 aromatic rings. The average molecular weight is 244 g/mol. The maximum atomic E-state index is 12.4. The van der Waals surface area contributed by atoms with Gasteiger partial charge >= 0.3 is 0 Å². The summed E-state index contributed by atoms with van der Waals surface area (Å²) in [6.45, 7) is 1.94. The monoisotopic (exact) mass is 244 g/mol. The van der Waals surface area contributed by atoms with Gasteiger partial charge in [0, 0.05) is 12.6 Å². The molecular formula is C15H20N2O. The highest BCUT2D eigenvalue weighted by Gasteiger charge is 2.28. The lowest BCUT2D eigenvalue weighted by atomic mass is 9.82. The molecule has 2 aliphatic rings. The average Bonchev–Trinajstić information content (AvgIpc) is 2.91. The van der Waals surface area contributed by atoms with Crippen LogP contribution in [0.1, 0.15) is 36.3 Å². The van der Waals surface area contributed by atoms with Crippen molar-refractivity contribution >= 4 is 5.91 Å².